The van der Waals surface area contributed by atoms with Crippen molar-refractivity contribution in [2.45, 2.75) is 39.5 Å². The highest BCUT2D eigenvalue weighted by Crippen LogP contribution is 2.12. The molecule has 0 saturated carbocycles. The fourth-order valence-electron chi connectivity index (χ4n) is 1.58. The molecule has 1 unspecified atom stereocenters. The minimum Gasteiger partial charge on any atom is -0.153 e. The average Bonchev–Trinajstić information content (AvgIpc) is 2.09. The van der Waals surface area contributed by atoms with Gasteiger partial charge >= 0.3 is 0 Å². The molecule has 1 aromatic rings. The fraction of sp³-hybridized carbons (Fsp3) is 0.500. The van der Waals surface area contributed by atoms with Crippen molar-refractivity contribution in [2.24, 2.45) is 0 Å². The van der Waals surface area contributed by atoms with Crippen molar-refractivity contribution in [3.05, 3.63) is 35.4 Å². The zero-order chi connectivity index (χ0) is 8.81. The van der Waals surface area contributed by atoms with Crippen LogP contribution in [-0.2, 0) is 12.8 Å². The molecule has 0 radical (unpaired) electrons. The van der Waals surface area contributed by atoms with E-state index in [9.17, 15) is 0 Å². The second kappa shape index (κ2) is 7.09. The van der Waals surface area contributed by atoms with E-state index in [0.717, 1.165) is 0 Å². The van der Waals surface area contributed by atoms with E-state index in [0.29, 0.717) is 0 Å². The SMILES string of the molecule is CCCc1ccccc1CCC.P. The molecule has 1 heteroatoms. The summed E-state index contributed by atoms with van der Waals surface area (Å²) >= 11 is 0. The predicted molar refractivity (Wildman–Crippen MR) is 65.5 cm³/mol. The standard InChI is InChI=1S/C12H18.H3P/c1-3-7-11-9-5-6-10-12(11)8-4-2;/h5-6,9-10H,3-4,7-8H2,1-2H3;1H3. The molecule has 74 valence electrons. The van der Waals surface area contributed by atoms with E-state index in [4.69, 9.17) is 0 Å². The maximum atomic E-state index is 2.26. The molecule has 0 N–H and O–H groups in total. The highest BCUT2D eigenvalue weighted by molar-refractivity contribution is 6.92. The highest BCUT2D eigenvalue weighted by Gasteiger charge is 1.98. The molecule has 0 saturated heterocycles. The Morgan fingerprint density at radius 2 is 1.23 bits per heavy atom. The smallest absolute Gasteiger partial charge is 0.0279 e. The lowest BCUT2D eigenvalue weighted by molar-refractivity contribution is 0.861. The van der Waals surface area contributed by atoms with Gasteiger partial charge in [0.05, 0.1) is 0 Å². The van der Waals surface area contributed by atoms with Gasteiger partial charge in [0.25, 0.3) is 0 Å². The van der Waals surface area contributed by atoms with E-state index in [1.807, 2.05) is 0 Å². The summed E-state index contributed by atoms with van der Waals surface area (Å²) in [7, 11) is 0. The minimum absolute atomic E-state index is 0. The van der Waals surface area contributed by atoms with Crippen LogP contribution in [0.2, 0.25) is 0 Å². The lowest BCUT2D eigenvalue weighted by Gasteiger charge is -2.06. The van der Waals surface area contributed by atoms with Gasteiger partial charge in [-0.25, -0.2) is 0 Å². The second-order valence-electron chi connectivity index (χ2n) is 3.27. The number of benzene rings is 1. The van der Waals surface area contributed by atoms with Crippen molar-refractivity contribution >= 4 is 9.90 Å². The van der Waals surface area contributed by atoms with Crippen LogP contribution < -0.4 is 0 Å². The third-order valence-electron chi connectivity index (χ3n) is 2.16. The largest absolute Gasteiger partial charge is 0.153 e. The molecule has 0 amide bonds. The first kappa shape index (κ1) is 12.7. The number of rotatable bonds is 4. The van der Waals surface area contributed by atoms with Gasteiger partial charge in [-0.05, 0) is 24.0 Å². The number of hydrogen-bond donors (Lipinski definition) is 0. The summed E-state index contributed by atoms with van der Waals surface area (Å²) in [5.41, 5.74) is 3.09. The molecule has 0 bridgehead atoms. The average molecular weight is 196 g/mol. The molecule has 13 heavy (non-hydrogen) atoms. The molecule has 0 aromatic heterocycles. The Balaban J connectivity index is 0.00000144. The third kappa shape index (κ3) is 3.91. The maximum absolute atomic E-state index is 2.26. The topological polar surface area (TPSA) is 0 Å². The Morgan fingerprint density at radius 3 is 1.54 bits per heavy atom. The van der Waals surface area contributed by atoms with Gasteiger partial charge in [0, 0.05) is 0 Å². The molecular formula is C12H21P. The van der Waals surface area contributed by atoms with E-state index >= 15 is 0 Å². The summed E-state index contributed by atoms with van der Waals surface area (Å²) < 4.78 is 0. The van der Waals surface area contributed by atoms with Crippen molar-refractivity contribution in [1.82, 2.24) is 0 Å². The summed E-state index contributed by atoms with van der Waals surface area (Å²) in [6.07, 6.45) is 4.97. The Morgan fingerprint density at radius 1 is 0.846 bits per heavy atom. The molecule has 1 aromatic carbocycles. The van der Waals surface area contributed by atoms with Gasteiger partial charge in [-0.1, -0.05) is 51.0 Å². The van der Waals surface area contributed by atoms with E-state index in [-0.39, 0.29) is 9.90 Å². The lowest BCUT2D eigenvalue weighted by atomic mass is 10.00. The van der Waals surface area contributed by atoms with Crippen LogP contribution in [0.4, 0.5) is 0 Å². The summed E-state index contributed by atoms with van der Waals surface area (Å²) in [6, 6.07) is 8.80. The summed E-state index contributed by atoms with van der Waals surface area (Å²) in [6.45, 7) is 4.48. The predicted octanol–water partition coefficient (Wildman–Crippen LogP) is 3.65. The van der Waals surface area contributed by atoms with Crippen LogP contribution in [0.3, 0.4) is 0 Å². The monoisotopic (exact) mass is 196 g/mol. The van der Waals surface area contributed by atoms with Gasteiger partial charge in [0.2, 0.25) is 0 Å². The van der Waals surface area contributed by atoms with Crippen LogP contribution in [0.5, 0.6) is 0 Å². The van der Waals surface area contributed by atoms with Crippen molar-refractivity contribution in [1.29, 1.82) is 0 Å². The van der Waals surface area contributed by atoms with E-state index in [1.54, 1.807) is 11.1 Å². The first-order valence-corrected chi connectivity index (χ1v) is 4.95. The summed E-state index contributed by atoms with van der Waals surface area (Å²) in [5, 5.41) is 0. The van der Waals surface area contributed by atoms with Crippen LogP contribution in [0.25, 0.3) is 0 Å². The van der Waals surface area contributed by atoms with Gasteiger partial charge in [0.15, 0.2) is 0 Å². The fourth-order valence-corrected chi connectivity index (χ4v) is 1.58. The van der Waals surface area contributed by atoms with Crippen molar-refractivity contribution in [3.63, 3.8) is 0 Å². The van der Waals surface area contributed by atoms with Gasteiger partial charge in [-0.3, -0.25) is 0 Å². The first-order valence-electron chi connectivity index (χ1n) is 4.95. The molecule has 0 spiro atoms. The molecule has 0 fully saturated rings. The van der Waals surface area contributed by atoms with Crippen molar-refractivity contribution < 1.29 is 0 Å². The van der Waals surface area contributed by atoms with Crippen LogP contribution in [0, 0.1) is 0 Å². The third-order valence-corrected chi connectivity index (χ3v) is 2.16. The molecule has 0 nitrogen and oxygen atoms in total. The molecule has 1 atom stereocenters. The molecule has 0 aliphatic rings. The van der Waals surface area contributed by atoms with Crippen molar-refractivity contribution in [2.75, 3.05) is 0 Å². The van der Waals surface area contributed by atoms with Crippen LogP contribution in [0.15, 0.2) is 24.3 Å². The highest BCUT2D eigenvalue weighted by atomic mass is 31.0. The van der Waals surface area contributed by atoms with E-state index in [2.05, 4.69) is 38.1 Å². The summed E-state index contributed by atoms with van der Waals surface area (Å²) in [5.74, 6) is 0. The number of aryl methyl sites for hydroxylation is 2. The molecular weight excluding hydrogens is 175 g/mol. The zero-order valence-electron chi connectivity index (χ0n) is 8.84. The molecule has 0 aliphatic carbocycles. The Bertz CT molecular complexity index is 205. The molecule has 1 rings (SSSR count). The van der Waals surface area contributed by atoms with Crippen LogP contribution in [-0.4, -0.2) is 0 Å². The van der Waals surface area contributed by atoms with Crippen LogP contribution in [0.1, 0.15) is 37.8 Å². The minimum atomic E-state index is 0. The van der Waals surface area contributed by atoms with Gasteiger partial charge in [-0.2, -0.15) is 9.90 Å². The van der Waals surface area contributed by atoms with E-state index in [1.165, 1.54) is 25.7 Å². The Hall–Kier alpha value is -0.350. The normalized spacial score (nSPS) is 9.38. The van der Waals surface area contributed by atoms with Gasteiger partial charge < -0.3 is 0 Å². The Kier molecular flexibility index (Phi) is 6.90. The zero-order valence-corrected chi connectivity index (χ0v) is 10.3. The van der Waals surface area contributed by atoms with Gasteiger partial charge in [-0.15, -0.1) is 0 Å². The second-order valence-corrected chi connectivity index (χ2v) is 3.27. The maximum Gasteiger partial charge on any atom is -0.0279 e. The quantitative estimate of drug-likeness (QED) is 0.645. The Labute approximate surface area is 85.4 Å². The lowest BCUT2D eigenvalue weighted by Crippen LogP contribution is -1.92. The van der Waals surface area contributed by atoms with E-state index < -0.39 is 0 Å². The molecule has 0 heterocycles. The van der Waals surface area contributed by atoms with Crippen LogP contribution >= 0.6 is 9.90 Å². The first-order chi connectivity index (χ1) is 5.88. The summed E-state index contributed by atoms with van der Waals surface area (Å²) in [4.78, 5) is 0. The van der Waals surface area contributed by atoms with Crippen molar-refractivity contribution in [3.8, 4) is 0 Å². The molecule has 0 aliphatic heterocycles. The number of hydrogen-bond acceptors (Lipinski definition) is 0. The van der Waals surface area contributed by atoms with Gasteiger partial charge in [0.1, 0.15) is 0 Å².